The molecule has 8 heteroatoms. The van der Waals surface area contributed by atoms with Gasteiger partial charge in [0.05, 0.1) is 39.7 Å². The number of pyridine rings is 3. The summed E-state index contributed by atoms with van der Waals surface area (Å²) in [4.78, 5) is 31.9. The third-order valence-corrected chi connectivity index (χ3v) is 6.21. The molecule has 0 amide bonds. The van der Waals surface area contributed by atoms with Crippen LogP contribution in [0.1, 0.15) is 27.4 Å². The zero-order valence-electron chi connectivity index (χ0n) is 19.4. The van der Waals surface area contributed by atoms with Crippen molar-refractivity contribution in [1.82, 2.24) is 15.0 Å². The van der Waals surface area contributed by atoms with E-state index in [2.05, 4.69) is 41.8 Å². The van der Waals surface area contributed by atoms with Crippen molar-refractivity contribution in [2.75, 3.05) is 54.0 Å². The number of aromatic carboxylic acids is 1. The summed E-state index contributed by atoms with van der Waals surface area (Å²) >= 11 is 0. The maximum Gasteiger partial charge on any atom is 0.337 e. The number of aromatic nitrogens is 3. The number of rotatable bonds is 4. The third-order valence-electron chi connectivity index (χ3n) is 6.21. The van der Waals surface area contributed by atoms with Crippen molar-refractivity contribution in [1.29, 1.82) is 0 Å². The van der Waals surface area contributed by atoms with E-state index in [1.54, 1.807) is 6.07 Å². The Morgan fingerprint density at radius 3 is 1.58 bits per heavy atom. The molecule has 1 saturated heterocycles. The van der Waals surface area contributed by atoms with Gasteiger partial charge in [0.15, 0.2) is 0 Å². The van der Waals surface area contributed by atoms with Gasteiger partial charge in [-0.1, -0.05) is 0 Å². The zero-order chi connectivity index (χ0) is 23.4. The van der Waals surface area contributed by atoms with Gasteiger partial charge in [0.1, 0.15) is 0 Å². The van der Waals surface area contributed by atoms with Gasteiger partial charge in [-0.3, -0.25) is 15.0 Å². The van der Waals surface area contributed by atoms with Gasteiger partial charge in [0.2, 0.25) is 0 Å². The molecule has 172 valence electrons. The van der Waals surface area contributed by atoms with Gasteiger partial charge in [-0.2, -0.15) is 0 Å². The standard InChI is InChI=1S/C25H30N6O2/c1-18-22(6-4-8-26-18)29-10-11-30(23-7-5-9-27-19(23)2)13-15-31(14-12-29)24-16-21(25(32)33)17-28-20(24)3/h4-9,16-17H,10-15H2,1-3H3,(H,32,33). The van der Waals surface area contributed by atoms with Crippen molar-refractivity contribution < 1.29 is 9.90 Å². The van der Waals surface area contributed by atoms with E-state index in [0.717, 1.165) is 73.4 Å². The van der Waals surface area contributed by atoms with Gasteiger partial charge >= 0.3 is 5.97 Å². The first-order valence-corrected chi connectivity index (χ1v) is 11.2. The van der Waals surface area contributed by atoms with E-state index in [1.165, 1.54) is 6.20 Å². The monoisotopic (exact) mass is 446 g/mol. The minimum atomic E-state index is -0.965. The summed E-state index contributed by atoms with van der Waals surface area (Å²) in [5.41, 5.74) is 6.13. The van der Waals surface area contributed by atoms with Crippen LogP contribution in [-0.2, 0) is 0 Å². The Morgan fingerprint density at radius 2 is 1.15 bits per heavy atom. The number of nitrogens with zero attached hydrogens (tertiary/aromatic N) is 6. The van der Waals surface area contributed by atoms with Gasteiger partial charge in [-0.25, -0.2) is 4.79 Å². The largest absolute Gasteiger partial charge is 0.478 e. The maximum absolute atomic E-state index is 11.6. The maximum atomic E-state index is 11.6. The van der Waals surface area contributed by atoms with Crippen LogP contribution in [0.3, 0.4) is 0 Å². The number of carboxylic acid groups (broad SMARTS) is 1. The van der Waals surface area contributed by atoms with Crippen molar-refractivity contribution in [3.05, 3.63) is 71.6 Å². The minimum absolute atomic E-state index is 0.204. The van der Waals surface area contributed by atoms with Crippen molar-refractivity contribution in [2.45, 2.75) is 20.8 Å². The molecule has 0 bridgehead atoms. The summed E-state index contributed by atoms with van der Waals surface area (Å²) < 4.78 is 0. The van der Waals surface area contributed by atoms with E-state index in [-0.39, 0.29) is 5.56 Å². The summed E-state index contributed by atoms with van der Waals surface area (Å²) in [5.74, 6) is -0.965. The molecule has 0 unspecified atom stereocenters. The second kappa shape index (κ2) is 9.85. The molecular formula is C25H30N6O2. The molecule has 1 N–H and O–H groups in total. The number of carbonyl (C=O) groups is 1. The molecule has 0 radical (unpaired) electrons. The van der Waals surface area contributed by atoms with Crippen LogP contribution in [-0.4, -0.2) is 65.3 Å². The highest BCUT2D eigenvalue weighted by Crippen LogP contribution is 2.25. The van der Waals surface area contributed by atoms with Crippen LogP contribution < -0.4 is 14.7 Å². The molecule has 0 aliphatic carbocycles. The lowest BCUT2D eigenvalue weighted by atomic mass is 10.2. The van der Waals surface area contributed by atoms with Crippen LogP contribution in [0, 0.1) is 20.8 Å². The Hall–Kier alpha value is -3.68. The van der Waals surface area contributed by atoms with Crippen molar-refractivity contribution >= 4 is 23.0 Å². The molecule has 0 saturated carbocycles. The fourth-order valence-electron chi connectivity index (χ4n) is 4.36. The normalized spacial score (nSPS) is 15.1. The topological polar surface area (TPSA) is 85.7 Å². The molecule has 0 spiro atoms. The SMILES string of the molecule is Cc1ncccc1N1CCN(c2cccnc2C)CCN(c2cc(C(=O)O)cnc2C)CC1. The van der Waals surface area contributed by atoms with Crippen molar-refractivity contribution in [2.24, 2.45) is 0 Å². The van der Waals surface area contributed by atoms with Crippen molar-refractivity contribution in [3.8, 4) is 0 Å². The molecule has 1 aliphatic heterocycles. The molecule has 4 heterocycles. The van der Waals surface area contributed by atoms with Crippen LogP contribution in [0.4, 0.5) is 17.1 Å². The average Bonchev–Trinajstić information content (AvgIpc) is 2.91. The highest BCUT2D eigenvalue weighted by Gasteiger charge is 2.21. The first-order chi connectivity index (χ1) is 15.9. The Bertz CT molecular complexity index is 1080. The Balaban J connectivity index is 1.70. The molecule has 0 aromatic carbocycles. The van der Waals surface area contributed by atoms with E-state index in [0.29, 0.717) is 0 Å². The first-order valence-electron chi connectivity index (χ1n) is 11.2. The zero-order valence-corrected chi connectivity index (χ0v) is 19.4. The van der Waals surface area contributed by atoms with E-state index >= 15 is 0 Å². The van der Waals surface area contributed by atoms with E-state index in [1.807, 2.05) is 45.3 Å². The molecule has 1 fully saturated rings. The Labute approximate surface area is 194 Å². The number of carboxylic acids is 1. The summed E-state index contributed by atoms with van der Waals surface area (Å²) in [6.45, 7) is 10.8. The average molecular weight is 447 g/mol. The highest BCUT2D eigenvalue weighted by molar-refractivity contribution is 5.88. The fraction of sp³-hybridized carbons (Fsp3) is 0.360. The second-order valence-corrected chi connectivity index (χ2v) is 8.31. The highest BCUT2D eigenvalue weighted by atomic mass is 16.4. The molecule has 3 aromatic heterocycles. The van der Waals surface area contributed by atoms with Gasteiger partial charge in [-0.05, 0) is 51.1 Å². The third kappa shape index (κ3) is 5.05. The lowest BCUT2D eigenvalue weighted by Crippen LogP contribution is -2.37. The van der Waals surface area contributed by atoms with E-state index in [4.69, 9.17) is 0 Å². The van der Waals surface area contributed by atoms with Gasteiger partial charge in [-0.15, -0.1) is 0 Å². The van der Waals surface area contributed by atoms with E-state index in [9.17, 15) is 9.90 Å². The first kappa shape index (κ1) is 22.5. The quantitative estimate of drug-likeness (QED) is 0.653. The lowest BCUT2D eigenvalue weighted by molar-refractivity contribution is 0.0696. The van der Waals surface area contributed by atoms with Crippen LogP contribution in [0.2, 0.25) is 0 Å². The molecule has 4 rings (SSSR count). The number of hydrogen-bond acceptors (Lipinski definition) is 7. The van der Waals surface area contributed by atoms with Gasteiger partial charge in [0, 0.05) is 57.9 Å². The van der Waals surface area contributed by atoms with Gasteiger partial charge < -0.3 is 19.8 Å². The van der Waals surface area contributed by atoms with Crippen LogP contribution >= 0.6 is 0 Å². The predicted octanol–water partition coefficient (Wildman–Crippen LogP) is 3.33. The smallest absolute Gasteiger partial charge is 0.337 e. The second-order valence-electron chi connectivity index (χ2n) is 8.31. The van der Waals surface area contributed by atoms with Gasteiger partial charge in [0.25, 0.3) is 0 Å². The molecule has 0 atom stereocenters. The number of hydrogen-bond donors (Lipinski definition) is 1. The summed E-state index contributed by atoms with van der Waals surface area (Å²) in [5, 5.41) is 9.50. The summed E-state index contributed by atoms with van der Waals surface area (Å²) in [6.07, 6.45) is 5.06. The number of aryl methyl sites for hydroxylation is 3. The predicted molar refractivity (Wildman–Crippen MR) is 131 cm³/mol. The van der Waals surface area contributed by atoms with Crippen LogP contribution in [0.15, 0.2) is 48.9 Å². The summed E-state index contributed by atoms with van der Waals surface area (Å²) in [6, 6.07) is 9.91. The van der Waals surface area contributed by atoms with Crippen LogP contribution in [0.25, 0.3) is 0 Å². The number of anilines is 3. The van der Waals surface area contributed by atoms with E-state index < -0.39 is 5.97 Å². The molecule has 8 nitrogen and oxygen atoms in total. The molecular weight excluding hydrogens is 416 g/mol. The fourth-order valence-corrected chi connectivity index (χ4v) is 4.36. The Morgan fingerprint density at radius 1 is 0.727 bits per heavy atom. The lowest BCUT2D eigenvalue weighted by Gasteiger charge is -2.30. The Kier molecular flexibility index (Phi) is 6.72. The van der Waals surface area contributed by atoms with Crippen LogP contribution in [0.5, 0.6) is 0 Å². The molecule has 1 aliphatic rings. The minimum Gasteiger partial charge on any atom is -0.478 e. The van der Waals surface area contributed by atoms with Crippen molar-refractivity contribution in [3.63, 3.8) is 0 Å². The molecule has 3 aromatic rings. The summed E-state index contributed by atoms with van der Waals surface area (Å²) in [7, 11) is 0. The molecule has 33 heavy (non-hydrogen) atoms.